The Labute approximate surface area is 91.0 Å². The molecule has 1 aromatic carbocycles. The van der Waals surface area contributed by atoms with Crippen molar-refractivity contribution in [2.24, 2.45) is 0 Å². The van der Waals surface area contributed by atoms with Crippen LogP contribution in [0.5, 0.6) is 0 Å². The zero-order valence-electron chi connectivity index (χ0n) is 7.35. The van der Waals surface area contributed by atoms with E-state index in [-0.39, 0.29) is 5.56 Å². The largest absolute Gasteiger partial charge is 0.387 e. The van der Waals surface area contributed by atoms with E-state index < -0.39 is 16.4 Å². The molecule has 0 heterocycles. The summed E-state index contributed by atoms with van der Waals surface area (Å²) in [5, 5.41) is 2.69. The number of alkyl halides is 2. The third-order valence-corrected chi connectivity index (χ3v) is 2.11. The highest BCUT2D eigenvalue weighted by atomic mass is 35.5. The summed E-state index contributed by atoms with van der Waals surface area (Å²) in [6.45, 7) is 0. The van der Waals surface area contributed by atoms with Gasteiger partial charge in [0.25, 0.3) is 0 Å². The standard InChI is InChI=1S/C9H8Cl2FNO/c1-13-7-4-5(12)2-3-6(7)8(14)9(10)11/h2-4,9,13H,1H3. The van der Waals surface area contributed by atoms with Crippen molar-refractivity contribution in [1.29, 1.82) is 0 Å². The third kappa shape index (κ3) is 2.36. The normalized spacial score (nSPS) is 10.4. The van der Waals surface area contributed by atoms with Gasteiger partial charge in [0, 0.05) is 18.3 Å². The molecule has 2 nitrogen and oxygen atoms in total. The van der Waals surface area contributed by atoms with Gasteiger partial charge in [-0.2, -0.15) is 0 Å². The van der Waals surface area contributed by atoms with Crippen LogP contribution in [0.25, 0.3) is 0 Å². The lowest BCUT2D eigenvalue weighted by molar-refractivity contribution is 0.101. The van der Waals surface area contributed by atoms with Gasteiger partial charge in [-0.05, 0) is 18.2 Å². The van der Waals surface area contributed by atoms with Crippen LogP contribution in [-0.2, 0) is 0 Å². The first kappa shape index (κ1) is 11.3. The number of Topliss-reactive ketones (excluding diaryl/α,β-unsaturated/α-hetero) is 1. The first-order valence-corrected chi connectivity index (χ1v) is 4.73. The Morgan fingerprint density at radius 1 is 1.50 bits per heavy atom. The molecule has 1 aromatic rings. The van der Waals surface area contributed by atoms with Crippen molar-refractivity contribution in [3.05, 3.63) is 29.6 Å². The van der Waals surface area contributed by atoms with Crippen LogP contribution in [0.3, 0.4) is 0 Å². The lowest BCUT2D eigenvalue weighted by Crippen LogP contribution is -2.11. The van der Waals surface area contributed by atoms with E-state index in [9.17, 15) is 9.18 Å². The third-order valence-electron chi connectivity index (χ3n) is 1.71. The minimum atomic E-state index is -1.13. The number of carbonyl (C=O) groups is 1. The van der Waals surface area contributed by atoms with Gasteiger partial charge in [-0.3, -0.25) is 4.79 Å². The average Bonchev–Trinajstić information content (AvgIpc) is 2.16. The van der Waals surface area contributed by atoms with Gasteiger partial charge < -0.3 is 5.32 Å². The highest BCUT2D eigenvalue weighted by molar-refractivity contribution is 6.55. The number of ketones is 1. The average molecular weight is 236 g/mol. The SMILES string of the molecule is CNc1cc(F)ccc1C(=O)C(Cl)Cl. The van der Waals surface area contributed by atoms with E-state index in [1.54, 1.807) is 7.05 Å². The van der Waals surface area contributed by atoms with Crippen molar-refractivity contribution in [1.82, 2.24) is 0 Å². The molecule has 0 fully saturated rings. The molecular weight excluding hydrogens is 228 g/mol. The molecular formula is C9H8Cl2FNO. The second-order valence-electron chi connectivity index (χ2n) is 2.60. The first-order valence-electron chi connectivity index (χ1n) is 3.86. The van der Waals surface area contributed by atoms with Gasteiger partial charge in [-0.15, -0.1) is 0 Å². The van der Waals surface area contributed by atoms with Crippen LogP contribution >= 0.6 is 23.2 Å². The Morgan fingerprint density at radius 2 is 2.14 bits per heavy atom. The molecule has 76 valence electrons. The lowest BCUT2D eigenvalue weighted by atomic mass is 10.1. The van der Waals surface area contributed by atoms with E-state index in [2.05, 4.69) is 5.32 Å². The van der Waals surface area contributed by atoms with Gasteiger partial charge in [0.15, 0.2) is 10.6 Å². The zero-order valence-corrected chi connectivity index (χ0v) is 8.86. The first-order chi connectivity index (χ1) is 6.56. The second kappa shape index (κ2) is 4.62. The summed E-state index contributed by atoms with van der Waals surface area (Å²) in [7, 11) is 1.59. The summed E-state index contributed by atoms with van der Waals surface area (Å²) < 4.78 is 12.8. The fraction of sp³-hybridized carbons (Fsp3) is 0.222. The number of hydrogen-bond donors (Lipinski definition) is 1. The molecule has 0 spiro atoms. The predicted molar refractivity (Wildman–Crippen MR) is 55.8 cm³/mol. The fourth-order valence-electron chi connectivity index (χ4n) is 1.06. The Bertz CT molecular complexity index is 355. The molecule has 0 aliphatic rings. The number of nitrogens with one attached hydrogen (secondary N) is 1. The Hall–Kier alpha value is -0.800. The molecule has 0 atom stereocenters. The molecule has 5 heteroatoms. The van der Waals surface area contributed by atoms with E-state index in [1.807, 2.05) is 0 Å². The Kier molecular flexibility index (Phi) is 3.72. The Balaban J connectivity index is 3.14. The van der Waals surface area contributed by atoms with Crippen LogP contribution in [0.4, 0.5) is 10.1 Å². The van der Waals surface area contributed by atoms with Crippen molar-refractivity contribution >= 4 is 34.7 Å². The van der Waals surface area contributed by atoms with Gasteiger partial charge in [-0.25, -0.2) is 4.39 Å². The van der Waals surface area contributed by atoms with E-state index in [0.29, 0.717) is 5.69 Å². The molecule has 0 amide bonds. The maximum absolute atomic E-state index is 12.8. The minimum Gasteiger partial charge on any atom is -0.387 e. The highest BCUT2D eigenvalue weighted by Crippen LogP contribution is 2.21. The van der Waals surface area contributed by atoms with E-state index in [4.69, 9.17) is 23.2 Å². The van der Waals surface area contributed by atoms with Gasteiger partial charge in [0.1, 0.15) is 5.82 Å². The molecule has 0 aromatic heterocycles. The maximum Gasteiger partial charge on any atom is 0.197 e. The summed E-state index contributed by atoms with van der Waals surface area (Å²) in [4.78, 5) is 10.3. The van der Waals surface area contributed by atoms with Crippen LogP contribution in [0, 0.1) is 5.82 Å². The number of anilines is 1. The van der Waals surface area contributed by atoms with Gasteiger partial charge in [0.05, 0.1) is 0 Å². The van der Waals surface area contributed by atoms with Crippen LogP contribution in [0.15, 0.2) is 18.2 Å². The lowest BCUT2D eigenvalue weighted by Gasteiger charge is -2.08. The number of carbonyl (C=O) groups excluding carboxylic acids is 1. The van der Waals surface area contributed by atoms with Crippen molar-refractivity contribution < 1.29 is 9.18 Å². The fourth-order valence-corrected chi connectivity index (χ4v) is 1.29. The number of rotatable bonds is 3. The van der Waals surface area contributed by atoms with E-state index >= 15 is 0 Å². The zero-order chi connectivity index (χ0) is 10.7. The van der Waals surface area contributed by atoms with Gasteiger partial charge in [-0.1, -0.05) is 23.2 Å². The number of benzene rings is 1. The molecule has 14 heavy (non-hydrogen) atoms. The molecule has 1 N–H and O–H groups in total. The molecule has 0 unspecified atom stereocenters. The van der Waals surface area contributed by atoms with Gasteiger partial charge >= 0.3 is 0 Å². The van der Waals surface area contributed by atoms with Crippen LogP contribution in [0.2, 0.25) is 0 Å². The smallest absolute Gasteiger partial charge is 0.197 e. The summed E-state index contributed by atoms with van der Waals surface area (Å²) in [6.07, 6.45) is 0. The van der Waals surface area contributed by atoms with Crippen LogP contribution in [0.1, 0.15) is 10.4 Å². The highest BCUT2D eigenvalue weighted by Gasteiger charge is 2.17. The summed E-state index contributed by atoms with van der Waals surface area (Å²) in [5.41, 5.74) is 0.658. The molecule has 0 radical (unpaired) electrons. The molecule has 0 bridgehead atoms. The summed E-state index contributed by atoms with van der Waals surface area (Å²) in [5.74, 6) is -0.871. The molecule has 0 aliphatic heterocycles. The van der Waals surface area contributed by atoms with E-state index in [1.165, 1.54) is 18.2 Å². The number of halogens is 3. The topological polar surface area (TPSA) is 29.1 Å². The summed E-state index contributed by atoms with van der Waals surface area (Å²) in [6, 6.07) is 3.74. The van der Waals surface area contributed by atoms with Crippen molar-refractivity contribution in [3.63, 3.8) is 0 Å². The molecule has 0 aliphatic carbocycles. The number of hydrogen-bond acceptors (Lipinski definition) is 2. The quantitative estimate of drug-likeness (QED) is 0.645. The second-order valence-corrected chi connectivity index (χ2v) is 3.70. The monoisotopic (exact) mass is 235 g/mol. The predicted octanol–water partition coefficient (Wildman–Crippen LogP) is 2.85. The Morgan fingerprint density at radius 3 is 2.64 bits per heavy atom. The van der Waals surface area contributed by atoms with Crippen molar-refractivity contribution in [3.8, 4) is 0 Å². The minimum absolute atomic E-state index is 0.281. The maximum atomic E-state index is 12.8. The molecule has 1 rings (SSSR count). The van der Waals surface area contributed by atoms with Crippen LogP contribution < -0.4 is 5.32 Å². The van der Waals surface area contributed by atoms with Crippen molar-refractivity contribution in [2.75, 3.05) is 12.4 Å². The summed E-state index contributed by atoms with van der Waals surface area (Å²) >= 11 is 10.9. The van der Waals surface area contributed by atoms with Crippen molar-refractivity contribution in [2.45, 2.75) is 4.84 Å². The molecule has 0 saturated heterocycles. The van der Waals surface area contributed by atoms with E-state index in [0.717, 1.165) is 0 Å². The molecule has 0 saturated carbocycles. The van der Waals surface area contributed by atoms with Gasteiger partial charge in [0.2, 0.25) is 0 Å². The van der Waals surface area contributed by atoms with Crippen LogP contribution in [-0.4, -0.2) is 17.7 Å².